The zero-order chi connectivity index (χ0) is 30.0. The molecule has 0 saturated heterocycles. The largest absolute Gasteiger partial charge is 0.492 e. The van der Waals surface area contributed by atoms with Crippen LogP contribution in [0.25, 0.3) is 0 Å². The maximum atomic E-state index is 14.1. The third kappa shape index (κ3) is 9.11. The fraction of sp³-hybridized carbons (Fsp3) is 0.333. The third-order valence-electron chi connectivity index (χ3n) is 6.27. The van der Waals surface area contributed by atoms with Crippen LogP contribution in [-0.4, -0.2) is 57.1 Å². The molecule has 11 heteroatoms. The number of benzene rings is 3. The number of hydrogen-bond donors (Lipinski definition) is 1. The number of amides is 2. The summed E-state index contributed by atoms with van der Waals surface area (Å²) in [5.74, 6) is -0.587. The van der Waals surface area contributed by atoms with Crippen LogP contribution >= 0.6 is 23.2 Å². The van der Waals surface area contributed by atoms with Crippen LogP contribution in [0.2, 0.25) is 10.0 Å². The van der Waals surface area contributed by atoms with Crippen molar-refractivity contribution in [1.29, 1.82) is 0 Å². The fourth-order valence-corrected chi connectivity index (χ4v) is 5.46. The number of para-hydroxylation sites is 2. The SMILES string of the molecule is CCCNC(=O)C(Cc1ccccc1)N(Cc1ccc(Cl)c(Cl)c1)C(=O)CN(c1ccccc1OCC)S(C)(=O)=O. The molecule has 0 saturated carbocycles. The molecule has 0 bridgehead atoms. The molecule has 1 N–H and O–H groups in total. The Bertz CT molecular complexity index is 1440. The predicted molar refractivity (Wildman–Crippen MR) is 164 cm³/mol. The average molecular weight is 621 g/mol. The second-order valence-electron chi connectivity index (χ2n) is 9.44. The number of nitrogens with zero attached hydrogens (tertiary/aromatic N) is 2. The summed E-state index contributed by atoms with van der Waals surface area (Å²) in [6.45, 7) is 3.91. The molecule has 0 aliphatic carbocycles. The van der Waals surface area contributed by atoms with Crippen LogP contribution in [-0.2, 0) is 32.6 Å². The minimum absolute atomic E-state index is 0.00250. The lowest BCUT2D eigenvalue weighted by Gasteiger charge is -2.33. The highest BCUT2D eigenvalue weighted by atomic mass is 35.5. The molecular formula is C30H35Cl2N3O5S. The normalized spacial score (nSPS) is 11.9. The van der Waals surface area contributed by atoms with Gasteiger partial charge in [-0.25, -0.2) is 8.42 Å². The molecule has 0 aliphatic heterocycles. The highest BCUT2D eigenvalue weighted by Gasteiger charge is 2.33. The van der Waals surface area contributed by atoms with Gasteiger partial charge in [0.2, 0.25) is 21.8 Å². The van der Waals surface area contributed by atoms with E-state index < -0.39 is 28.5 Å². The molecule has 3 rings (SSSR count). The van der Waals surface area contributed by atoms with E-state index in [1.54, 1.807) is 49.4 Å². The third-order valence-corrected chi connectivity index (χ3v) is 8.14. The smallest absolute Gasteiger partial charge is 0.244 e. The van der Waals surface area contributed by atoms with Gasteiger partial charge in [-0.1, -0.05) is 78.7 Å². The van der Waals surface area contributed by atoms with E-state index in [1.807, 2.05) is 37.3 Å². The quantitative estimate of drug-likeness (QED) is 0.263. The van der Waals surface area contributed by atoms with Crippen molar-refractivity contribution in [3.8, 4) is 5.75 Å². The second-order valence-corrected chi connectivity index (χ2v) is 12.2. The van der Waals surface area contributed by atoms with E-state index in [0.717, 1.165) is 16.1 Å². The summed E-state index contributed by atoms with van der Waals surface area (Å²) >= 11 is 12.4. The van der Waals surface area contributed by atoms with Crippen LogP contribution in [0.4, 0.5) is 5.69 Å². The number of nitrogens with one attached hydrogen (secondary N) is 1. The van der Waals surface area contributed by atoms with Gasteiger partial charge in [0, 0.05) is 19.5 Å². The van der Waals surface area contributed by atoms with Gasteiger partial charge < -0.3 is 15.0 Å². The lowest BCUT2D eigenvalue weighted by molar-refractivity contribution is -0.140. The minimum atomic E-state index is -3.92. The molecule has 8 nitrogen and oxygen atoms in total. The average Bonchev–Trinajstić information content (AvgIpc) is 2.94. The summed E-state index contributed by atoms with van der Waals surface area (Å²) in [6.07, 6.45) is 1.96. The van der Waals surface area contributed by atoms with Gasteiger partial charge in [-0.3, -0.25) is 13.9 Å². The summed E-state index contributed by atoms with van der Waals surface area (Å²) in [5, 5.41) is 3.56. The summed E-state index contributed by atoms with van der Waals surface area (Å²) in [7, 11) is -3.92. The highest BCUT2D eigenvalue weighted by Crippen LogP contribution is 2.30. The Balaban J connectivity index is 2.08. The minimum Gasteiger partial charge on any atom is -0.492 e. The number of anilines is 1. The molecule has 0 radical (unpaired) electrons. The Hall–Kier alpha value is -3.27. The van der Waals surface area contributed by atoms with Gasteiger partial charge in [0.15, 0.2) is 0 Å². The van der Waals surface area contributed by atoms with Crippen molar-refractivity contribution in [2.45, 2.75) is 39.3 Å². The first kappa shape index (κ1) is 32.2. The number of halogens is 2. The van der Waals surface area contributed by atoms with Gasteiger partial charge in [0.25, 0.3) is 0 Å². The number of sulfonamides is 1. The number of rotatable bonds is 14. The highest BCUT2D eigenvalue weighted by molar-refractivity contribution is 7.92. The Morgan fingerprint density at radius 3 is 2.24 bits per heavy atom. The Kier molecular flexibility index (Phi) is 11.9. The van der Waals surface area contributed by atoms with E-state index in [1.165, 1.54) is 4.90 Å². The molecule has 0 aliphatic rings. The molecule has 0 spiro atoms. The zero-order valence-electron chi connectivity index (χ0n) is 23.3. The van der Waals surface area contributed by atoms with Gasteiger partial charge in [-0.15, -0.1) is 0 Å². The van der Waals surface area contributed by atoms with Crippen LogP contribution in [0.5, 0.6) is 5.75 Å². The van der Waals surface area contributed by atoms with Crippen LogP contribution < -0.4 is 14.4 Å². The first-order valence-corrected chi connectivity index (χ1v) is 15.9. The maximum absolute atomic E-state index is 14.1. The Morgan fingerprint density at radius 2 is 1.61 bits per heavy atom. The summed E-state index contributed by atoms with van der Waals surface area (Å²) in [5.41, 5.74) is 1.71. The monoisotopic (exact) mass is 619 g/mol. The summed E-state index contributed by atoms with van der Waals surface area (Å²) < 4.78 is 32.7. The van der Waals surface area contributed by atoms with Crippen molar-refractivity contribution in [2.75, 3.05) is 30.3 Å². The molecule has 220 valence electrons. The van der Waals surface area contributed by atoms with Gasteiger partial charge in [-0.05, 0) is 48.7 Å². The van der Waals surface area contributed by atoms with Gasteiger partial charge >= 0.3 is 0 Å². The van der Waals surface area contributed by atoms with Crippen molar-refractivity contribution in [1.82, 2.24) is 10.2 Å². The number of hydrogen-bond acceptors (Lipinski definition) is 5. The van der Waals surface area contributed by atoms with Crippen LogP contribution in [0.3, 0.4) is 0 Å². The molecular weight excluding hydrogens is 585 g/mol. The van der Waals surface area contributed by atoms with Crippen LogP contribution in [0, 0.1) is 0 Å². The van der Waals surface area contributed by atoms with Crippen molar-refractivity contribution >= 4 is 50.7 Å². The molecule has 1 unspecified atom stereocenters. The zero-order valence-corrected chi connectivity index (χ0v) is 25.7. The van der Waals surface area contributed by atoms with E-state index in [9.17, 15) is 18.0 Å². The van der Waals surface area contributed by atoms with E-state index in [2.05, 4.69) is 5.32 Å². The fourth-order valence-electron chi connectivity index (χ4n) is 4.29. The first-order valence-electron chi connectivity index (χ1n) is 13.3. The second kappa shape index (κ2) is 15.1. The van der Waals surface area contributed by atoms with Gasteiger partial charge in [-0.2, -0.15) is 0 Å². The Morgan fingerprint density at radius 1 is 0.927 bits per heavy atom. The lowest BCUT2D eigenvalue weighted by atomic mass is 10.0. The first-order chi connectivity index (χ1) is 19.5. The summed E-state index contributed by atoms with van der Waals surface area (Å²) in [4.78, 5) is 29.1. The van der Waals surface area contributed by atoms with Crippen LogP contribution in [0.15, 0.2) is 72.8 Å². The molecule has 3 aromatic carbocycles. The van der Waals surface area contributed by atoms with Crippen molar-refractivity contribution in [2.24, 2.45) is 0 Å². The van der Waals surface area contributed by atoms with E-state index in [0.29, 0.717) is 40.9 Å². The number of carbonyl (C=O) groups excluding carboxylic acids is 2. The molecule has 0 fully saturated rings. The van der Waals surface area contributed by atoms with E-state index in [4.69, 9.17) is 27.9 Å². The van der Waals surface area contributed by atoms with E-state index >= 15 is 0 Å². The van der Waals surface area contributed by atoms with Crippen LogP contribution in [0.1, 0.15) is 31.4 Å². The van der Waals surface area contributed by atoms with Gasteiger partial charge in [0.05, 0.1) is 28.6 Å². The Labute approximate surface area is 252 Å². The number of carbonyl (C=O) groups is 2. The lowest BCUT2D eigenvalue weighted by Crippen LogP contribution is -2.53. The van der Waals surface area contributed by atoms with E-state index in [-0.39, 0.29) is 24.6 Å². The predicted octanol–water partition coefficient (Wildman–Crippen LogP) is 5.32. The van der Waals surface area contributed by atoms with Gasteiger partial charge in [0.1, 0.15) is 18.3 Å². The molecule has 0 heterocycles. The molecule has 3 aromatic rings. The standard InChI is InChI=1S/C30H35Cl2N3O5S/c1-4-17-33-30(37)27(19-22-11-7-6-8-12-22)34(20-23-15-16-24(31)25(32)18-23)29(36)21-35(41(3,38)39)26-13-9-10-14-28(26)40-5-2/h6-16,18,27H,4-5,17,19-21H2,1-3H3,(H,33,37). The molecule has 2 amide bonds. The molecule has 0 aromatic heterocycles. The summed E-state index contributed by atoms with van der Waals surface area (Å²) in [6, 6.07) is 20.0. The van der Waals surface area contributed by atoms with Crippen molar-refractivity contribution in [3.05, 3.63) is 94.0 Å². The maximum Gasteiger partial charge on any atom is 0.244 e. The number of ether oxygens (including phenoxy) is 1. The van der Waals surface area contributed by atoms with Crippen molar-refractivity contribution in [3.63, 3.8) is 0 Å². The topological polar surface area (TPSA) is 96.0 Å². The molecule has 1 atom stereocenters. The molecule has 41 heavy (non-hydrogen) atoms. The van der Waals surface area contributed by atoms with Crippen molar-refractivity contribution < 1.29 is 22.7 Å².